The zero-order chi connectivity index (χ0) is 17.1. The first-order valence-corrected chi connectivity index (χ1v) is 8.70. The molecular weight excluding hydrogens is 342 g/mol. The Balaban J connectivity index is 1.74. The molecule has 0 unspecified atom stereocenters. The van der Waals surface area contributed by atoms with Crippen molar-refractivity contribution >= 4 is 34.0 Å². The molecule has 0 fully saturated rings. The van der Waals surface area contributed by atoms with Gasteiger partial charge in [-0.05, 0) is 6.07 Å². The summed E-state index contributed by atoms with van der Waals surface area (Å²) in [6, 6.07) is 7.74. The third-order valence-corrected chi connectivity index (χ3v) is 4.76. The van der Waals surface area contributed by atoms with Crippen LogP contribution in [0.1, 0.15) is 5.56 Å². The van der Waals surface area contributed by atoms with Gasteiger partial charge in [-0.1, -0.05) is 29.8 Å². The van der Waals surface area contributed by atoms with Crippen LogP contribution in [0.4, 0.5) is 11.1 Å². The molecule has 0 aliphatic heterocycles. The van der Waals surface area contributed by atoms with E-state index in [1.807, 2.05) is 68.1 Å². The lowest BCUT2D eigenvalue weighted by atomic mass is 10.2. The molecule has 3 aromatic rings. The minimum absolute atomic E-state index is 0.698. The van der Waals surface area contributed by atoms with Gasteiger partial charge in [-0.2, -0.15) is 0 Å². The van der Waals surface area contributed by atoms with E-state index in [2.05, 4.69) is 14.9 Å². The van der Waals surface area contributed by atoms with Crippen molar-refractivity contribution in [1.82, 2.24) is 15.0 Å². The predicted octanol–water partition coefficient (Wildman–Crippen LogP) is 3.96. The highest BCUT2D eigenvalue weighted by Crippen LogP contribution is 2.31. The normalized spacial score (nSPS) is 10.7. The van der Waals surface area contributed by atoms with Gasteiger partial charge in [0.05, 0.1) is 5.69 Å². The Morgan fingerprint density at radius 3 is 2.46 bits per heavy atom. The summed E-state index contributed by atoms with van der Waals surface area (Å²) in [6.07, 6.45) is 3.70. The van der Waals surface area contributed by atoms with E-state index in [1.54, 1.807) is 11.3 Å². The molecule has 3 rings (SSSR count). The van der Waals surface area contributed by atoms with Crippen molar-refractivity contribution in [3.8, 4) is 11.3 Å². The molecule has 2 heterocycles. The van der Waals surface area contributed by atoms with Gasteiger partial charge in [0, 0.05) is 61.6 Å². The molecule has 0 spiro atoms. The first-order chi connectivity index (χ1) is 11.5. The lowest BCUT2D eigenvalue weighted by molar-refractivity contribution is 0.887. The van der Waals surface area contributed by atoms with Crippen molar-refractivity contribution in [2.75, 3.05) is 30.9 Å². The molecule has 0 radical (unpaired) electrons. The van der Waals surface area contributed by atoms with E-state index in [1.165, 1.54) is 0 Å². The van der Waals surface area contributed by atoms with Crippen LogP contribution in [0, 0.1) is 0 Å². The lowest BCUT2D eigenvalue weighted by Crippen LogP contribution is -2.17. The molecule has 0 saturated carbocycles. The van der Waals surface area contributed by atoms with E-state index in [0.29, 0.717) is 17.5 Å². The summed E-state index contributed by atoms with van der Waals surface area (Å²) in [4.78, 5) is 17.3. The molecule has 2 aromatic heterocycles. The Morgan fingerprint density at radius 2 is 1.79 bits per heavy atom. The Labute approximate surface area is 150 Å². The average molecular weight is 360 g/mol. The van der Waals surface area contributed by atoms with Gasteiger partial charge in [-0.3, -0.25) is 0 Å². The highest BCUT2D eigenvalue weighted by Gasteiger charge is 2.11. The molecule has 24 heavy (non-hydrogen) atoms. The van der Waals surface area contributed by atoms with Crippen LogP contribution in [0.25, 0.3) is 11.3 Å². The number of halogens is 1. The lowest BCUT2D eigenvalue weighted by Gasteiger charge is -2.16. The number of aromatic nitrogens is 3. The molecule has 7 heteroatoms. The molecule has 1 aromatic carbocycles. The molecule has 0 aliphatic carbocycles. The second kappa shape index (κ2) is 7.15. The molecule has 5 nitrogen and oxygen atoms in total. The van der Waals surface area contributed by atoms with Gasteiger partial charge in [-0.25, -0.2) is 15.0 Å². The van der Waals surface area contributed by atoms with Crippen LogP contribution in [0.15, 0.2) is 42.0 Å². The highest BCUT2D eigenvalue weighted by molar-refractivity contribution is 7.14. The summed E-state index contributed by atoms with van der Waals surface area (Å²) < 4.78 is 0. The molecule has 0 atom stereocenters. The van der Waals surface area contributed by atoms with Gasteiger partial charge in [-0.15, -0.1) is 11.3 Å². The number of hydrogen-bond acceptors (Lipinski definition) is 6. The Bertz CT molecular complexity index is 816. The molecule has 0 amide bonds. The zero-order valence-electron chi connectivity index (χ0n) is 13.8. The topological polar surface area (TPSA) is 45.2 Å². The van der Waals surface area contributed by atoms with Crippen LogP contribution in [0.3, 0.4) is 0 Å². The summed E-state index contributed by atoms with van der Waals surface area (Å²) >= 11 is 7.84. The van der Waals surface area contributed by atoms with Crippen LogP contribution < -0.4 is 9.80 Å². The van der Waals surface area contributed by atoms with Crippen molar-refractivity contribution in [3.63, 3.8) is 0 Å². The summed E-state index contributed by atoms with van der Waals surface area (Å²) in [5.74, 6) is 0.705. The van der Waals surface area contributed by atoms with Crippen LogP contribution >= 0.6 is 22.9 Å². The maximum absolute atomic E-state index is 6.25. The molecule has 124 valence electrons. The molecular formula is C17H18ClN5S. The minimum atomic E-state index is 0.698. The quantitative estimate of drug-likeness (QED) is 0.690. The second-order valence-electron chi connectivity index (χ2n) is 5.64. The van der Waals surface area contributed by atoms with E-state index >= 15 is 0 Å². The van der Waals surface area contributed by atoms with Crippen molar-refractivity contribution in [3.05, 3.63) is 52.6 Å². The van der Waals surface area contributed by atoms with E-state index in [4.69, 9.17) is 16.6 Å². The Hall–Kier alpha value is -2.18. The highest BCUT2D eigenvalue weighted by atomic mass is 35.5. The van der Waals surface area contributed by atoms with Crippen molar-refractivity contribution in [2.24, 2.45) is 0 Å². The number of rotatable bonds is 5. The first-order valence-electron chi connectivity index (χ1n) is 7.44. The van der Waals surface area contributed by atoms with Crippen LogP contribution in [0.5, 0.6) is 0 Å². The summed E-state index contributed by atoms with van der Waals surface area (Å²) in [5, 5.41) is 3.67. The van der Waals surface area contributed by atoms with Crippen LogP contribution in [0.2, 0.25) is 5.02 Å². The van der Waals surface area contributed by atoms with E-state index in [-0.39, 0.29) is 0 Å². The molecule has 0 aliphatic rings. The molecule has 0 bridgehead atoms. The van der Waals surface area contributed by atoms with Crippen LogP contribution in [-0.4, -0.2) is 36.1 Å². The monoisotopic (exact) mass is 359 g/mol. The fraction of sp³-hybridized carbons (Fsp3) is 0.235. The van der Waals surface area contributed by atoms with Crippen molar-refractivity contribution in [1.29, 1.82) is 0 Å². The maximum Gasteiger partial charge on any atom is 0.224 e. The van der Waals surface area contributed by atoms with Gasteiger partial charge in [0.25, 0.3) is 0 Å². The molecule has 0 N–H and O–H groups in total. The number of thiazole rings is 1. The smallest absolute Gasteiger partial charge is 0.224 e. The van der Waals surface area contributed by atoms with E-state index in [0.717, 1.165) is 22.0 Å². The number of hydrogen-bond donors (Lipinski definition) is 0. The number of anilines is 2. The largest absolute Gasteiger partial charge is 0.347 e. The first kappa shape index (κ1) is 16.7. The second-order valence-corrected chi connectivity index (χ2v) is 6.88. The predicted molar refractivity (Wildman–Crippen MR) is 101 cm³/mol. The van der Waals surface area contributed by atoms with Crippen molar-refractivity contribution in [2.45, 2.75) is 6.54 Å². The summed E-state index contributed by atoms with van der Waals surface area (Å²) in [5.41, 5.74) is 2.89. The fourth-order valence-electron chi connectivity index (χ4n) is 2.23. The fourth-order valence-corrected chi connectivity index (χ4v) is 3.26. The van der Waals surface area contributed by atoms with Gasteiger partial charge in [0.1, 0.15) is 0 Å². The average Bonchev–Trinajstić information content (AvgIpc) is 3.05. The summed E-state index contributed by atoms with van der Waals surface area (Å²) in [6.45, 7) is 0.698. The standard InChI is InChI=1S/C17H18ClN5S/c1-22(2)16-19-8-12(9-20-16)10-23(3)17-21-15(11-24-17)13-6-4-5-7-14(13)18/h4-9,11H,10H2,1-3H3. The SMILES string of the molecule is CN(C)c1ncc(CN(C)c2nc(-c3ccccc3Cl)cs2)cn1. The number of nitrogens with zero attached hydrogens (tertiary/aromatic N) is 5. The van der Waals surface area contributed by atoms with Gasteiger partial charge in [0.15, 0.2) is 5.13 Å². The van der Waals surface area contributed by atoms with Gasteiger partial charge >= 0.3 is 0 Å². The third kappa shape index (κ3) is 3.66. The molecule has 0 saturated heterocycles. The summed E-state index contributed by atoms with van der Waals surface area (Å²) in [7, 11) is 5.86. The third-order valence-electron chi connectivity index (χ3n) is 3.48. The van der Waals surface area contributed by atoms with E-state index in [9.17, 15) is 0 Å². The number of benzene rings is 1. The van der Waals surface area contributed by atoms with Crippen LogP contribution in [-0.2, 0) is 6.54 Å². The maximum atomic E-state index is 6.25. The Kier molecular flexibility index (Phi) is 4.97. The Morgan fingerprint density at radius 1 is 1.08 bits per heavy atom. The minimum Gasteiger partial charge on any atom is -0.347 e. The van der Waals surface area contributed by atoms with E-state index < -0.39 is 0 Å². The zero-order valence-corrected chi connectivity index (χ0v) is 15.3. The van der Waals surface area contributed by atoms with Gasteiger partial charge < -0.3 is 9.80 Å². The van der Waals surface area contributed by atoms with Gasteiger partial charge in [0.2, 0.25) is 5.95 Å². The van der Waals surface area contributed by atoms with Crippen molar-refractivity contribution < 1.29 is 0 Å².